The number of rotatable bonds is 9. The molecule has 0 spiro atoms. The molecule has 2 N–H and O–H groups in total. The standard InChI is InChI=1S/C21H25N5O3/c1-14(2)16-11-17(25-21(24-16)22-9-10-28-3)18-12-19(29-26-18)20(27)23-13-15-7-5-4-6-8-15/h4-8,11-12,14H,9-10,13H2,1-3H3,(H,23,27)(H,22,24,25). The second-order valence-electron chi connectivity index (χ2n) is 6.82. The molecule has 0 aliphatic carbocycles. The SMILES string of the molecule is COCCNc1nc(-c2cc(C(=O)NCc3ccccc3)on2)cc(C(C)C)n1. The van der Waals surface area contributed by atoms with Gasteiger partial charge in [0.15, 0.2) is 0 Å². The maximum atomic E-state index is 12.4. The van der Waals surface area contributed by atoms with E-state index in [-0.39, 0.29) is 17.6 Å². The van der Waals surface area contributed by atoms with Crippen LogP contribution in [-0.4, -0.2) is 41.3 Å². The Labute approximate surface area is 169 Å². The van der Waals surface area contributed by atoms with Crippen LogP contribution < -0.4 is 10.6 Å². The van der Waals surface area contributed by atoms with Gasteiger partial charge in [-0.25, -0.2) is 9.97 Å². The van der Waals surface area contributed by atoms with E-state index < -0.39 is 0 Å². The van der Waals surface area contributed by atoms with E-state index in [0.29, 0.717) is 37.0 Å². The molecule has 0 saturated heterocycles. The Balaban J connectivity index is 1.75. The lowest BCUT2D eigenvalue weighted by atomic mass is 10.1. The second kappa shape index (κ2) is 9.79. The fourth-order valence-corrected chi connectivity index (χ4v) is 2.61. The Morgan fingerprint density at radius 3 is 2.66 bits per heavy atom. The van der Waals surface area contributed by atoms with Gasteiger partial charge in [-0.15, -0.1) is 0 Å². The van der Waals surface area contributed by atoms with Crippen molar-refractivity contribution in [2.24, 2.45) is 0 Å². The van der Waals surface area contributed by atoms with Crippen molar-refractivity contribution < 1.29 is 14.1 Å². The summed E-state index contributed by atoms with van der Waals surface area (Å²) < 4.78 is 10.3. The Morgan fingerprint density at radius 2 is 1.93 bits per heavy atom. The normalized spacial score (nSPS) is 10.9. The first kappa shape index (κ1) is 20.5. The fourth-order valence-electron chi connectivity index (χ4n) is 2.61. The molecule has 0 unspecified atom stereocenters. The van der Waals surface area contributed by atoms with Gasteiger partial charge in [-0.3, -0.25) is 4.79 Å². The van der Waals surface area contributed by atoms with Crippen molar-refractivity contribution in [1.29, 1.82) is 0 Å². The van der Waals surface area contributed by atoms with Crippen molar-refractivity contribution in [3.8, 4) is 11.4 Å². The highest BCUT2D eigenvalue weighted by atomic mass is 16.5. The lowest BCUT2D eigenvalue weighted by Crippen LogP contribution is -2.22. The van der Waals surface area contributed by atoms with Crippen LogP contribution >= 0.6 is 0 Å². The molecule has 0 aliphatic heterocycles. The summed E-state index contributed by atoms with van der Waals surface area (Å²) in [6.07, 6.45) is 0. The van der Waals surface area contributed by atoms with Crippen molar-refractivity contribution in [3.63, 3.8) is 0 Å². The van der Waals surface area contributed by atoms with Crippen molar-refractivity contribution >= 4 is 11.9 Å². The molecule has 0 radical (unpaired) electrons. The Morgan fingerprint density at radius 1 is 1.14 bits per heavy atom. The highest BCUT2D eigenvalue weighted by Gasteiger charge is 2.17. The fraction of sp³-hybridized carbons (Fsp3) is 0.333. The molecule has 3 aromatic rings. The van der Waals surface area contributed by atoms with Crippen LogP contribution in [0.4, 0.5) is 5.95 Å². The van der Waals surface area contributed by atoms with Gasteiger partial charge >= 0.3 is 0 Å². The molecule has 8 heteroatoms. The van der Waals surface area contributed by atoms with Crippen LogP contribution in [0.2, 0.25) is 0 Å². The number of methoxy groups -OCH3 is 1. The predicted molar refractivity (Wildman–Crippen MR) is 110 cm³/mol. The van der Waals surface area contributed by atoms with Gasteiger partial charge in [-0.1, -0.05) is 49.3 Å². The molecular formula is C21H25N5O3. The van der Waals surface area contributed by atoms with E-state index >= 15 is 0 Å². The number of hydrogen-bond donors (Lipinski definition) is 2. The maximum Gasteiger partial charge on any atom is 0.290 e. The number of nitrogens with one attached hydrogen (secondary N) is 2. The number of aromatic nitrogens is 3. The molecule has 1 aromatic carbocycles. The number of benzene rings is 1. The largest absolute Gasteiger partial charge is 0.383 e. The minimum atomic E-state index is -0.329. The summed E-state index contributed by atoms with van der Waals surface area (Å²) in [6, 6.07) is 13.1. The van der Waals surface area contributed by atoms with Crippen LogP contribution in [0.3, 0.4) is 0 Å². The summed E-state index contributed by atoms with van der Waals surface area (Å²) in [5.41, 5.74) is 2.95. The third-order valence-electron chi connectivity index (χ3n) is 4.22. The van der Waals surface area contributed by atoms with Crippen LogP contribution in [-0.2, 0) is 11.3 Å². The molecule has 2 heterocycles. The third kappa shape index (κ3) is 5.61. The molecule has 1 amide bonds. The minimum Gasteiger partial charge on any atom is -0.383 e. The molecule has 3 rings (SSSR count). The first-order valence-corrected chi connectivity index (χ1v) is 9.48. The van der Waals surface area contributed by atoms with Crippen molar-refractivity contribution in [3.05, 3.63) is 59.5 Å². The quantitative estimate of drug-likeness (QED) is 0.536. The second-order valence-corrected chi connectivity index (χ2v) is 6.82. The third-order valence-corrected chi connectivity index (χ3v) is 4.22. The maximum absolute atomic E-state index is 12.4. The average molecular weight is 395 g/mol. The highest BCUT2D eigenvalue weighted by molar-refractivity contribution is 5.92. The van der Waals surface area contributed by atoms with Gasteiger partial charge in [0.25, 0.3) is 5.91 Å². The molecule has 0 aliphatic rings. The lowest BCUT2D eigenvalue weighted by Gasteiger charge is -2.10. The molecule has 29 heavy (non-hydrogen) atoms. The topological polar surface area (TPSA) is 102 Å². The Bertz CT molecular complexity index is 940. The van der Waals surface area contributed by atoms with E-state index in [2.05, 4.69) is 39.6 Å². The summed E-state index contributed by atoms with van der Waals surface area (Å²) in [4.78, 5) is 21.4. The number of carbonyl (C=O) groups is 1. The van der Waals surface area contributed by atoms with E-state index in [1.54, 1.807) is 13.2 Å². The highest BCUT2D eigenvalue weighted by Crippen LogP contribution is 2.23. The zero-order valence-electron chi connectivity index (χ0n) is 16.8. The average Bonchev–Trinajstić information content (AvgIpc) is 3.23. The van der Waals surface area contributed by atoms with E-state index in [1.165, 1.54) is 0 Å². The van der Waals surface area contributed by atoms with Gasteiger partial charge in [-0.05, 0) is 17.5 Å². The molecule has 0 fully saturated rings. The summed E-state index contributed by atoms with van der Waals surface area (Å²) in [6.45, 7) is 5.64. The molecule has 0 bridgehead atoms. The van der Waals surface area contributed by atoms with Gasteiger partial charge in [0.2, 0.25) is 11.7 Å². The molecule has 0 saturated carbocycles. The van der Waals surface area contributed by atoms with Crippen LogP contribution in [0.15, 0.2) is 47.0 Å². The zero-order valence-corrected chi connectivity index (χ0v) is 16.8. The van der Waals surface area contributed by atoms with E-state index in [1.807, 2.05) is 36.4 Å². The first-order chi connectivity index (χ1) is 14.1. The van der Waals surface area contributed by atoms with Gasteiger partial charge in [0, 0.05) is 32.0 Å². The van der Waals surface area contributed by atoms with Gasteiger partial charge < -0.3 is 19.9 Å². The Kier molecular flexibility index (Phi) is 6.91. The van der Waals surface area contributed by atoms with Gasteiger partial charge in [0.1, 0.15) is 5.69 Å². The van der Waals surface area contributed by atoms with E-state index in [0.717, 1.165) is 11.3 Å². The summed E-state index contributed by atoms with van der Waals surface area (Å²) >= 11 is 0. The Hall–Kier alpha value is -3.26. The number of carbonyl (C=O) groups excluding carboxylic acids is 1. The molecule has 152 valence electrons. The minimum absolute atomic E-state index is 0.134. The lowest BCUT2D eigenvalue weighted by molar-refractivity contribution is 0.0914. The van der Waals surface area contributed by atoms with Crippen LogP contribution in [0.25, 0.3) is 11.4 Å². The van der Waals surface area contributed by atoms with Crippen molar-refractivity contribution in [2.75, 3.05) is 25.6 Å². The molecule has 0 atom stereocenters. The van der Waals surface area contributed by atoms with Crippen molar-refractivity contribution in [2.45, 2.75) is 26.3 Å². The monoisotopic (exact) mass is 395 g/mol. The summed E-state index contributed by atoms with van der Waals surface area (Å²) in [5, 5.41) is 9.98. The van der Waals surface area contributed by atoms with Crippen LogP contribution in [0, 0.1) is 0 Å². The van der Waals surface area contributed by atoms with Gasteiger partial charge in [0.05, 0.1) is 12.3 Å². The number of nitrogens with zero attached hydrogens (tertiary/aromatic N) is 3. The van der Waals surface area contributed by atoms with E-state index in [4.69, 9.17) is 9.26 Å². The van der Waals surface area contributed by atoms with Crippen LogP contribution in [0.5, 0.6) is 0 Å². The zero-order chi connectivity index (χ0) is 20.6. The number of anilines is 1. The van der Waals surface area contributed by atoms with Gasteiger partial charge in [-0.2, -0.15) is 0 Å². The first-order valence-electron chi connectivity index (χ1n) is 9.48. The van der Waals surface area contributed by atoms with E-state index in [9.17, 15) is 4.79 Å². The number of hydrogen-bond acceptors (Lipinski definition) is 7. The number of amides is 1. The molecule has 8 nitrogen and oxygen atoms in total. The number of ether oxygens (including phenoxy) is 1. The summed E-state index contributed by atoms with van der Waals surface area (Å²) in [7, 11) is 1.64. The molecular weight excluding hydrogens is 370 g/mol. The smallest absolute Gasteiger partial charge is 0.290 e. The van der Waals surface area contributed by atoms with Crippen molar-refractivity contribution in [1.82, 2.24) is 20.4 Å². The predicted octanol–water partition coefficient (Wildman–Crippen LogP) is 3.24. The summed E-state index contributed by atoms with van der Waals surface area (Å²) in [5.74, 6) is 0.500. The van der Waals surface area contributed by atoms with Crippen LogP contribution in [0.1, 0.15) is 41.6 Å². The molecule has 2 aromatic heterocycles.